The van der Waals surface area contributed by atoms with Crippen molar-refractivity contribution in [3.8, 4) is 0 Å². The van der Waals surface area contributed by atoms with Gasteiger partial charge in [0.2, 0.25) is 0 Å². The fraction of sp³-hybridized carbons (Fsp3) is 0.174. The van der Waals surface area contributed by atoms with Crippen LogP contribution < -0.4 is 0 Å². The van der Waals surface area contributed by atoms with E-state index in [2.05, 4.69) is 48.5 Å². The first-order valence-electron chi connectivity index (χ1n) is 8.65. The van der Waals surface area contributed by atoms with Gasteiger partial charge in [0.25, 0.3) is 0 Å². The second-order valence-corrected chi connectivity index (χ2v) is 6.26. The molecule has 0 aliphatic rings. The zero-order chi connectivity index (χ0) is 17.5. The Morgan fingerprint density at radius 1 is 0.600 bits per heavy atom. The second-order valence-electron chi connectivity index (χ2n) is 6.26. The maximum atomic E-state index is 10.9. The van der Waals surface area contributed by atoms with Gasteiger partial charge in [-0.15, -0.1) is 0 Å². The predicted octanol–water partition coefficient (Wildman–Crippen LogP) is 4.96. The van der Waals surface area contributed by atoms with Gasteiger partial charge < -0.3 is 5.11 Å². The predicted molar refractivity (Wildman–Crippen MR) is 101 cm³/mol. The number of hydrogen-bond donors (Lipinski definition) is 1. The van der Waals surface area contributed by atoms with Gasteiger partial charge in [-0.1, -0.05) is 66.7 Å². The van der Waals surface area contributed by atoms with Crippen LogP contribution in [0.15, 0.2) is 78.9 Å². The standard InChI is InChI=1S/C23H22O2/c24-23(25)22-16-12-19(13-17-22)11-15-21-9-5-4-8-20(21)14-10-18-6-2-1-3-7-18/h1-9,12-13,16-17H,10-11,14-15H2,(H,24,25). The number of benzene rings is 3. The summed E-state index contributed by atoms with van der Waals surface area (Å²) >= 11 is 0. The molecular weight excluding hydrogens is 308 g/mol. The third kappa shape index (κ3) is 4.80. The first-order valence-corrected chi connectivity index (χ1v) is 8.65. The third-order valence-corrected chi connectivity index (χ3v) is 4.53. The molecule has 0 radical (unpaired) electrons. The topological polar surface area (TPSA) is 37.3 Å². The second kappa shape index (κ2) is 8.29. The lowest BCUT2D eigenvalue weighted by atomic mass is 9.95. The Bertz CT molecular complexity index is 820. The lowest BCUT2D eigenvalue weighted by Crippen LogP contribution is -2.00. The molecule has 0 fully saturated rings. The average molecular weight is 330 g/mol. The Morgan fingerprint density at radius 3 is 1.60 bits per heavy atom. The molecule has 3 rings (SSSR count). The van der Waals surface area contributed by atoms with E-state index in [0.29, 0.717) is 5.56 Å². The van der Waals surface area contributed by atoms with Crippen LogP contribution in [0.5, 0.6) is 0 Å². The molecule has 0 bridgehead atoms. The minimum Gasteiger partial charge on any atom is -0.478 e. The molecule has 0 aromatic heterocycles. The van der Waals surface area contributed by atoms with Crippen molar-refractivity contribution in [2.45, 2.75) is 25.7 Å². The summed E-state index contributed by atoms with van der Waals surface area (Å²) in [5.41, 5.74) is 5.64. The molecular formula is C23H22O2. The van der Waals surface area contributed by atoms with Gasteiger partial charge in [-0.25, -0.2) is 4.79 Å². The van der Waals surface area contributed by atoms with E-state index in [1.54, 1.807) is 12.1 Å². The van der Waals surface area contributed by atoms with E-state index >= 15 is 0 Å². The van der Waals surface area contributed by atoms with Gasteiger partial charge in [0, 0.05) is 0 Å². The highest BCUT2D eigenvalue weighted by Gasteiger charge is 2.05. The van der Waals surface area contributed by atoms with Crippen LogP contribution in [0.4, 0.5) is 0 Å². The molecule has 0 atom stereocenters. The molecule has 25 heavy (non-hydrogen) atoms. The van der Waals surface area contributed by atoms with Gasteiger partial charge in [0.05, 0.1) is 5.56 Å². The Morgan fingerprint density at radius 2 is 1.08 bits per heavy atom. The zero-order valence-corrected chi connectivity index (χ0v) is 14.2. The molecule has 0 heterocycles. The molecule has 126 valence electrons. The molecule has 0 amide bonds. The van der Waals surface area contributed by atoms with Crippen LogP contribution in [0.2, 0.25) is 0 Å². The van der Waals surface area contributed by atoms with Crippen LogP contribution in [0.25, 0.3) is 0 Å². The molecule has 0 saturated carbocycles. The number of carboxylic acid groups (broad SMARTS) is 1. The minimum atomic E-state index is -0.877. The van der Waals surface area contributed by atoms with Crippen molar-refractivity contribution in [2.75, 3.05) is 0 Å². The van der Waals surface area contributed by atoms with Crippen molar-refractivity contribution in [3.63, 3.8) is 0 Å². The fourth-order valence-electron chi connectivity index (χ4n) is 3.06. The fourth-order valence-corrected chi connectivity index (χ4v) is 3.06. The smallest absolute Gasteiger partial charge is 0.335 e. The van der Waals surface area contributed by atoms with Gasteiger partial charge in [0.1, 0.15) is 0 Å². The summed E-state index contributed by atoms with van der Waals surface area (Å²) in [6.45, 7) is 0. The molecule has 1 N–H and O–H groups in total. The van der Waals surface area contributed by atoms with Crippen LogP contribution >= 0.6 is 0 Å². The SMILES string of the molecule is O=C(O)c1ccc(CCc2ccccc2CCc2ccccc2)cc1. The quantitative estimate of drug-likeness (QED) is 0.665. The minimum absolute atomic E-state index is 0.340. The average Bonchev–Trinajstić information content (AvgIpc) is 2.66. The van der Waals surface area contributed by atoms with Crippen LogP contribution in [-0.2, 0) is 25.7 Å². The summed E-state index contributed by atoms with van der Waals surface area (Å²) in [7, 11) is 0. The lowest BCUT2D eigenvalue weighted by Gasteiger charge is -2.10. The highest BCUT2D eigenvalue weighted by atomic mass is 16.4. The number of rotatable bonds is 7. The van der Waals surface area contributed by atoms with Crippen LogP contribution in [0.3, 0.4) is 0 Å². The van der Waals surface area contributed by atoms with Crippen molar-refractivity contribution in [1.29, 1.82) is 0 Å². The van der Waals surface area contributed by atoms with Crippen molar-refractivity contribution in [1.82, 2.24) is 0 Å². The third-order valence-electron chi connectivity index (χ3n) is 4.53. The first-order chi connectivity index (χ1) is 12.2. The number of carboxylic acids is 1. The van der Waals surface area contributed by atoms with Crippen molar-refractivity contribution < 1.29 is 9.90 Å². The van der Waals surface area contributed by atoms with E-state index in [9.17, 15) is 4.79 Å². The molecule has 0 aliphatic carbocycles. The van der Waals surface area contributed by atoms with Gasteiger partial charge in [-0.05, 0) is 60.1 Å². The number of carbonyl (C=O) groups is 1. The van der Waals surface area contributed by atoms with Crippen LogP contribution in [0, 0.1) is 0 Å². The maximum Gasteiger partial charge on any atom is 0.335 e. The molecule has 2 heteroatoms. The molecule has 0 aliphatic heterocycles. The summed E-state index contributed by atoms with van der Waals surface area (Å²) in [6, 6.07) is 26.4. The van der Waals surface area contributed by atoms with Crippen LogP contribution in [0.1, 0.15) is 32.6 Å². The van der Waals surface area contributed by atoms with Crippen molar-refractivity contribution >= 4 is 5.97 Å². The van der Waals surface area contributed by atoms with E-state index < -0.39 is 5.97 Å². The molecule has 0 saturated heterocycles. The van der Waals surface area contributed by atoms with E-state index in [-0.39, 0.29) is 0 Å². The van der Waals surface area contributed by atoms with Gasteiger partial charge in [0.15, 0.2) is 0 Å². The summed E-state index contributed by atoms with van der Waals surface area (Å²) in [5.74, 6) is -0.877. The van der Waals surface area contributed by atoms with E-state index in [1.807, 2.05) is 18.2 Å². The number of aryl methyl sites for hydroxylation is 4. The Labute approximate surface area is 148 Å². The highest BCUT2D eigenvalue weighted by molar-refractivity contribution is 5.87. The monoisotopic (exact) mass is 330 g/mol. The lowest BCUT2D eigenvalue weighted by molar-refractivity contribution is 0.0697. The highest BCUT2D eigenvalue weighted by Crippen LogP contribution is 2.16. The van der Waals surface area contributed by atoms with E-state index in [0.717, 1.165) is 25.7 Å². The molecule has 0 spiro atoms. The Hall–Kier alpha value is -2.87. The van der Waals surface area contributed by atoms with E-state index in [4.69, 9.17) is 5.11 Å². The Balaban J connectivity index is 1.63. The van der Waals surface area contributed by atoms with Gasteiger partial charge >= 0.3 is 5.97 Å². The van der Waals surface area contributed by atoms with Crippen molar-refractivity contribution in [2.24, 2.45) is 0 Å². The summed E-state index contributed by atoms with van der Waals surface area (Å²) in [5, 5.41) is 8.97. The molecule has 3 aromatic carbocycles. The number of aromatic carboxylic acids is 1. The summed E-state index contributed by atoms with van der Waals surface area (Å²) < 4.78 is 0. The first kappa shape index (κ1) is 17.0. The zero-order valence-electron chi connectivity index (χ0n) is 14.2. The van der Waals surface area contributed by atoms with Crippen molar-refractivity contribution in [3.05, 3.63) is 107 Å². The summed E-state index contributed by atoms with van der Waals surface area (Å²) in [4.78, 5) is 10.9. The molecule has 3 aromatic rings. The Kier molecular flexibility index (Phi) is 5.63. The van der Waals surface area contributed by atoms with E-state index in [1.165, 1.54) is 22.3 Å². The van der Waals surface area contributed by atoms with Gasteiger partial charge in [-0.3, -0.25) is 0 Å². The largest absolute Gasteiger partial charge is 0.478 e. The summed E-state index contributed by atoms with van der Waals surface area (Å²) in [6.07, 6.45) is 3.98. The normalized spacial score (nSPS) is 10.6. The molecule has 0 unspecified atom stereocenters. The number of hydrogen-bond acceptors (Lipinski definition) is 1. The molecule has 2 nitrogen and oxygen atoms in total. The maximum absolute atomic E-state index is 10.9. The van der Waals surface area contributed by atoms with Gasteiger partial charge in [-0.2, -0.15) is 0 Å². The van der Waals surface area contributed by atoms with Crippen LogP contribution in [-0.4, -0.2) is 11.1 Å².